The summed E-state index contributed by atoms with van der Waals surface area (Å²) >= 11 is 6.13. The summed E-state index contributed by atoms with van der Waals surface area (Å²) in [4.78, 5) is 14.4. The highest BCUT2D eigenvalue weighted by Gasteiger charge is 2.39. The lowest BCUT2D eigenvalue weighted by molar-refractivity contribution is -0.137. The van der Waals surface area contributed by atoms with Crippen molar-refractivity contribution in [2.24, 2.45) is 0 Å². The molecule has 0 saturated heterocycles. The van der Waals surface area contributed by atoms with Gasteiger partial charge in [0.25, 0.3) is 5.91 Å². The fraction of sp³-hybridized carbons (Fsp3) is 0.300. The molecule has 1 heterocycles. The van der Waals surface area contributed by atoms with Gasteiger partial charge in [0.2, 0.25) is 0 Å². The molecular formula is C20H19ClN2O4. The van der Waals surface area contributed by atoms with E-state index in [1.54, 1.807) is 36.4 Å². The average Bonchev–Trinajstić information content (AvgIpc) is 3.10. The minimum Gasteiger partial charge on any atom is -0.497 e. The highest BCUT2D eigenvalue weighted by atomic mass is 35.5. The number of amides is 1. The molecule has 7 heteroatoms. The number of aliphatic hydroxyl groups is 1. The van der Waals surface area contributed by atoms with Crippen molar-refractivity contribution in [1.29, 1.82) is 5.26 Å². The smallest absolute Gasteiger partial charge is 0.262 e. The van der Waals surface area contributed by atoms with E-state index in [9.17, 15) is 15.2 Å². The van der Waals surface area contributed by atoms with E-state index >= 15 is 0 Å². The lowest BCUT2D eigenvalue weighted by Crippen LogP contribution is -2.50. The Hall–Kier alpha value is -2.75. The zero-order valence-corrected chi connectivity index (χ0v) is 15.8. The topological polar surface area (TPSA) is 82.8 Å². The molecule has 1 amide bonds. The quantitative estimate of drug-likeness (QED) is 0.854. The molecule has 0 aromatic heterocycles. The third-order valence-electron chi connectivity index (χ3n) is 4.50. The molecular weight excluding hydrogens is 368 g/mol. The third-order valence-corrected chi connectivity index (χ3v) is 4.80. The van der Waals surface area contributed by atoms with Crippen molar-refractivity contribution in [1.82, 2.24) is 0 Å². The highest BCUT2D eigenvalue weighted by Crippen LogP contribution is 2.33. The van der Waals surface area contributed by atoms with Crippen LogP contribution in [0.5, 0.6) is 11.5 Å². The number of ether oxygens (including phenoxy) is 2. The summed E-state index contributed by atoms with van der Waals surface area (Å²) in [5.74, 6) is 0.442. The first-order valence-corrected chi connectivity index (χ1v) is 8.78. The zero-order chi connectivity index (χ0) is 19.6. The Balaban J connectivity index is 1.75. The van der Waals surface area contributed by atoms with Crippen LogP contribution in [0.3, 0.4) is 0 Å². The fourth-order valence-corrected chi connectivity index (χ4v) is 3.27. The van der Waals surface area contributed by atoms with Crippen molar-refractivity contribution in [3.05, 3.63) is 52.5 Å². The number of carbonyl (C=O) groups is 1. The van der Waals surface area contributed by atoms with Gasteiger partial charge in [-0.3, -0.25) is 4.79 Å². The Kier molecular flexibility index (Phi) is 5.26. The summed E-state index contributed by atoms with van der Waals surface area (Å²) in [6.07, 6.45) is 0.575. The summed E-state index contributed by atoms with van der Waals surface area (Å²) < 4.78 is 10.7. The minimum absolute atomic E-state index is 0.262. The maximum Gasteiger partial charge on any atom is 0.262 e. The van der Waals surface area contributed by atoms with Crippen molar-refractivity contribution < 1.29 is 19.4 Å². The number of fused-ring (bicyclic) bond motifs is 1. The van der Waals surface area contributed by atoms with Crippen molar-refractivity contribution in [2.75, 3.05) is 25.2 Å². The van der Waals surface area contributed by atoms with Gasteiger partial charge in [0.05, 0.1) is 23.8 Å². The Morgan fingerprint density at radius 1 is 1.41 bits per heavy atom. The molecule has 3 rings (SSSR count). The van der Waals surface area contributed by atoms with Gasteiger partial charge in [0.1, 0.15) is 18.1 Å². The number of carbonyl (C=O) groups excluding carboxylic acids is 1. The number of benzene rings is 2. The number of halogens is 1. The predicted octanol–water partition coefficient (Wildman–Crippen LogP) is 2.94. The summed E-state index contributed by atoms with van der Waals surface area (Å²) in [7, 11) is 1.53. The molecule has 0 saturated carbocycles. The fourth-order valence-electron chi connectivity index (χ4n) is 3.05. The van der Waals surface area contributed by atoms with Gasteiger partial charge in [-0.05, 0) is 43.2 Å². The molecule has 0 unspecified atom stereocenters. The van der Waals surface area contributed by atoms with Gasteiger partial charge >= 0.3 is 0 Å². The Bertz CT molecular complexity index is 921. The molecule has 1 N–H and O–H groups in total. The van der Waals surface area contributed by atoms with Crippen LogP contribution < -0.4 is 14.4 Å². The van der Waals surface area contributed by atoms with Crippen LogP contribution in [-0.2, 0) is 11.2 Å². The maximum absolute atomic E-state index is 12.9. The number of nitrogens with zero attached hydrogens (tertiary/aromatic N) is 2. The first kappa shape index (κ1) is 19.0. The lowest BCUT2D eigenvalue weighted by Gasteiger charge is -2.28. The van der Waals surface area contributed by atoms with E-state index in [0.29, 0.717) is 40.7 Å². The summed E-state index contributed by atoms with van der Waals surface area (Å²) in [5, 5.41) is 20.2. The van der Waals surface area contributed by atoms with Crippen LogP contribution in [0.15, 0.2) is 36.4 Å². The van der Waals surface area contributed by atoms with Crippen molar-refractivity contribution in [2.45, 2.75) is 18.9 Å². The largest absolute Gasteiger partial charge is 0.497 e. The third kappa shape index (κ3) is 3.70. The summed E-state index contributed by atoms with van der Waals surface area (Å²) in [6, 6.07) is 12.2. The Labute approximate surface area is 162 Å². The van der Waals surface area contributed by atoms with Crippen LogP contribution in [-0.4, -0.2) is 36.9 Å². The second-order valence-corrected chi connectivity index (χ2v) is 6.89. The molecule has 27 heavy (non-hydrogen) atoms. The van der Waals surface area contributed by atoms with Crippen LogP contribution in [0.25, 0.3) is 0 Å². The molecule has 0 bridgehead atoms. The van der Waals surface area contributed by atoms with Gasteiger partial charge in [-0.2, -0.15) is 5.26 Å². The normalized spacial score (nSPS) is 14.9. The van der Waals surface area contributed by atoms with E-state index in [1.807, 2.05) is 0 Å². The second kappa shape index (κ2) is 7.47. The standard InChI is InChI=1S/C20H19ClN2O4/c1-20(25,12-27-18-7-6-14(26-2)10-16(18)21)19(24)23-9-8-15-13(11-22)4-3-5-17(15)23/h3-7,10,25H,8-9,12H2,1-2H3/t20-/m0/s1. The molecule has 0 radical (unpaired) electrons. The monoisotopic (exact) mass is 386 g/mol. The van der Waals surface area contributed by atoms with Crippen molar-refractivity contribution in [3.63, 3.8) is 0 Å². The number of anilines is 1. The Morgan fingerprint density at radius 2 is 2.19 bits per heavy atom. The molecule has 0 fully saturated rings. The number of methoxy groups -OCH3 is 1. The van der Waals surface area contributed by atoms with E-state index in [2.05, 4.69) is 6.07 Å². The SMILES string of the molecule is COc1ccc(OC[C@](C)(O)C(=O)N2CCc3c(C#N)cccc32)c(Cl)c1. The number of hydrogen-bond donors (Lipinski definition) is 1. The number of hydrogen-bond acceptors (Lipinski definition) is 5. The van der Waals surface area contributed by atoms with Gasteiger partial charge in [-0.15, -0.1) is 0 Å². The van der Waals surface area contributed by atoms with E-state index in [1.165, 1.54) is 18.9 Å². The van der Waals surface area contributed by atoms with E-state index in [4.69, 9.17) is 21.1 Å². The first-order chi connectivity index (χ1) is 12.9. The molecule has 0 aliphatic carbocycles. The van der Waals surface area contributed by atoms with E-state index in [0.717, 1.165) is 5.56 Å². The van der Waals surface area contributed by atoms with Gasteiger partial charge in [-0.25, -0.2) is 0 Å². The van der Waals surface area contributed by atoms with Gasteiger partial charge in [0.15, 0.2) is 5.60 Å². The molecule has 2 aromatic carbocycles. The molecule has 6 nitrogen and oxygen atoms in total. The maximum atomic E-state index is 12.9. The predicted molar refractivity (Wildman–Crippen MR) is 101 cm³/mol. The zero-order valence-electron chi connectivity index (χ0n) is 15.0. The summed E-state index contributed by atoms with van der Waals surface area (Å²) in [6.45, 7) is 1.55. The number of rotatable bonds is 5. The van der Waals surface area contributed by atoms with Gasteiger partial charge in [-0.1, -0.05) is 17.7 Å². The van der Waals surface area contributed by atoms with Gasteiger partial charge in [0, 0.05) is 18.3 Å². The van der Waals surface area contributed by atoms with Crippen LogP contribution in [0.1, 0.15) is 18.1 Å². The van der Waals surface area contributed by atoms with Crippen LogP contribution >= 0.6 is 11.6 Å². The molecule has 2 aromatic rings. The highest BCUT2D eigenvalue weighted by molar-refractivity contribution is 6.32. The van der Waals surface area contributed by atoms with E-state index in [-0.39, 0.29) is 6.61 Å². The summed E-state index contributed by atoms with van der Waals surface area (Å²) in [5.41, 5.74) is 0.266. The molecule has 1 aliphatic rings. The number of nitriles is 1. The van der Waals surface area contributed by atoms with E-state index < -0.39 is 11.5 Å². The lowest BCUT2D eigenvalue weighted by atomic mass is 10.0. The minimum atomic E-state index is -1.76. The van der Waals surface area contributed by atoms with Crippen LogP contribution in [0.4, 0.5) is 5.69 Å². The first-order valence-electron chi connectivity index (χ1n) is 8.40. The molecule has 140 valence electrons. The van der Waals surface area contributed by atoms with Crippen LogP contribution in [0, 0.1) is 11.3 Å². The average molecular weight is 387 g/mol. The van der Waals surface area contributed by atoms with Crippen LogP contribution in [0.2, 0.25) is 5.02 Å². The van der Waals surface area contributed by atoms with Gasteiger partial charge < -0.3 is 19.5 Å². The molecule has 0 spiro atoms. The Morgan fingerprint density at radius 3 is 2.85 bits per heavy atom. The molecule has 1 atom stereocenters. The second-order valence-electron chi connectivity index (χ2n) is 6.48. The molecule has 1 aliphatic heterocycles. The van der Waals surface area contributed by atoms with Crippen molar-refractivity contribution >= 4 is 23.2 Å². The van der Waals surface area contributed by atoms with Crippen molar-refractivity contribution in [3.8, 4) is 17.6 Å².